The highest BCUT2D eigenvalue weighted by atomic mass is 79.9. The molecule has 0 aliphatic carbocycles. The number of nitrogens with zero attached hydrogens (tertiary/aromatic N) is 3. The molecule has 2 aromatic carbocycles. The monoisotopic (exact) mass is 435 g/mol. The number of hydrogen-bond donors (Lipinski definition) is 0. The average Bonchev–Trinajstić information content (AvgIpc) is 2.75. The molecule has 0 fully saturated rings. The molecule has 3 aromatic rings. The Kier molecular flexibility index (Phi) is 5.21. The maximum Gasteiger partial charge on any atom is 0.255 e. The van der Waals surface area contributed by atoms with Crippen LogP contribution >= 0.6 is 15.9 Å². The third-order valence-electron chi connectivity index (χ3n) is 4.71. The first-order chi connectivity index (χ1) is 13.7. The molecule has 0 bridgehead atoms. The Hall–Kier alpha value is -2.99. The molecule has 0 saturated carbocycles. The van der Waals surface area contributed by atoms with Crippen LogP contribution < -0.4 is 9.75 Å². The number of para-hydroxylation sites is 2. The van der Waals surface area contributed by atoms with Crippen LogP contribution in [0, 0.1) is 0 Å². The predicted molar refractivity (Wildman–Crippen MR) is 113 cm³/mol. The molecule has 0 spiro atoms. The van der Waals surface area contributed by atoms with E-state index >= 15 is 0 Å². The number of anilines is 1. The van der Waals surface area contributed by atoms with Crippen molar-refractivity contribution in [3.8, 4) is 5.75 Å². The molecule has 28 heavy (non-hydrogen) atoms. The van der Waals surface area contributed by atoms with E-state index < -0.39 is 5.92 Å². The van der Waals surface area contributed by atoms with Gasteiger partial charge in [0.2, 0.25) is 0 Å². The van der Waals surface area contributed by atoms with Crippen LogP contribution in [-0.2, 0) is 4.79 Å². The van der Waals surface area contributed by atoms with Gasteiger partial charge in [0.15, 0.2) is 0 Å². The molecule has 1 amide bonds. The zero-order chi connectivity index (χ0) is 19.5. The van der Waals surface area contributed by atoms with Gasteiger partial charge < -0.3 is 4.74 Å². The van der Waals surface area contributed by atoms with E-state index in [1.807, 2.05) is 60.7 Å². The smallest absolute Gasteiger partial charge is 0.255 e. The molecule has 0 radical (unpaired) electrons. The van der Waals surface area contributed by atoms with Gasteiger partial charge in [-0.05, 0) is 40.2 Å². The van der Waals surface area contributed by atoms with Crippen LogP contribution in [0.5, 0.6) is 5.75 Å². The lowest BCUT2D eigenvalue weighted by molar-refractivity contribution is -0.120. The molecule has 1 unspecified atom stereocenters. The average molecular weight is 436 g/mol. The number of ether oxygens (including phenoxy) is 1. The molecule has 1 aliphatic rings. The van der Waals surface area contributed by atoms with E-state index in [0.29, 0.717) is 17.9 Å². The molecule has 0 saturated heterocycles. The van der Waals surface area contributed by atoms with Gasteiger partial charge in [-0.15, -0.1) is 0 Å². The van der Waals surface area contributed by atoms with Gasteiger partial charge in [-0.3, -0.25) is 9.78 Å². The number of halogens is 1. The van der Waals surface area contributed by atoms with E-state index in [4.69, 9.17) is 4.74 Å². The Morgan fingerprint density at radius 3 is 2.61 bits per heavy atom. The van der Waals surface area contributed by atoms with Crippen LogP contribution in [0.4, 0.5) is 5.69 Å². The number of benzene rings is 2. The van der Waals surface area contributed by atoms with Gasteiger partial charge in [0.05, 0.1) is 24.4 Å². The fraction of sp³-hybridized carbons (Fsp3) is 0.136. The SMILES string of the molecule is COc1ccccc1C1CC(c2cccnc2)=NN(c2ccccc2Br)C1=O. The topological polar surface area (TPSA) is 54.8 Å². The van der Waals surface area contributed by atoms with Crippen molar-refractivity contribution < 1.29 is 9.53 Å². The minimum atomic E-state index is -0.407. The Balaban J connectivity index is 1.85. The first-order valence-corrected chi connectivity index (χ1v) is 9.67. The summed E-state index contributed by atoms with van der Waals surface area (Å²) >= 11 is 3.54. The van der Waals surface area contributed by atoms with E-state index in [1.165, 1.54) is 5.01 Å². The molecule has 140 valence electrons. The summed E-state index contributed by atoms with van der Waals surface area (Å²) in [5.74, 6) is 0.195. The van der Waals surface area contributed by atoms with Crippen LogP contribution in [0.1, 0.15) is 23.5 Å². The molecule has 1 aliphatic heterocycles. The lowest BCUT2D eigenvalue weighted by atomic mass is 9.88. The summed E-state index contributed by atoms with van der Waals surface area (Å²) in [7, 11) is 1.62. The third kappa shape index (κ3) is 3.43. The first-order valence-electron chi connectivity index (χ1n) is 8.88. The van der Waals surface area contributed by atoms with Crippen molar-refractivity contribution >= 4 is 33.2 Å². The molecule has 4 rings (SSSR count). The summed E-state index contributed by atoms with van der Waals surface area (Å²) in [6.45, 7) is 0. The number of rotatable bonds is 4. The Morgan fingerprint density at radius 2 is 1.86 bits per heavy atom. The zero-order valence-corrected chi connectivity index (χ0v) is 16.8. The second-order valence-electron chi connectivity index (χ2n) is 6.39. The lowest BCUT2D eigenvalue weighted by Gasteiger charge is -2.31. The molecule has 1 aromatic heterocycles. The number of carbonyl (C=O) groups is 1. The van der Waals surface area contributed by atoms with Gasteiger partial charge in [0.1, 0.15) is 5.75 Å². The molecule has 5 nitrogen and oxygen atoms in total. The summed E-state index contributed by atoms with van der Waals surface area (Å²) in [5, 5.41) is 6.16. The predicted octanol–water partition coefficient (Wildman–Crippen LogP) is 4.78. The normalized spacial score (nSPS) is 16.6. The number of pyridine rings is 1. The largest absolute Gasteiger partial charge is 0.496 e. The van der Waals surface area contributed by atoms with Crippen molar-refractivity contribution in [2.45, 2.75) is 12.3 Å². The minimum Gasteiger partial charge on any atom is -0.496 e. The van der Waals surface area contributed by atoms with E-state index in [0.717, 1.165) is 21.3 Å². The minimum absolute atomic E-state index is 0.0935. The maximum absolute atomic E-state index is 13.5. The Labute approximate surface area is 171 Å². The van der Waals surface area contributed by atoms with Gasteiger partial charge in [-0.1, -0.05) is 36.4 Å². The van der Waals surface area contributed by atoms with E-state index in [1.54, 1.807) is 19.5 Å². The van der Waals surface area contributed by atoms with Gasteiger partial charge in [0, 0.05) is 34.4 Å². The molecule has 2 heterocycles. The van der Waals surface area contributed by atoms with Crippen molar-refractivity contribution in [2.75, 3.05) is 12.1 Å². The maximum atomic E-state index is 13.5. The highest BCUT2D eigenvalue weighted by molar-refractivity contribution is 9.10. The summed E-state index contributed by atoms with van der Waals surface area (Å²) in [5.41, 5.74) is 3.25. The molecular weight excluding hydrogens is 418 g/mol. The number of hydrogen-bond acceptors (Lipinski definition) is 4. The lowest BCUT2D eigenvalue weighted by Crippen LogP contribution is -2.38. The second-order valence-corrected chi connectivity index (χ2v) is 7.24. The van der Waals surface area contributed by atoms with Crippen LogP contribution in [0.3, 0.4) is 0 Å². The number of amides is 1. The Morgan fingerprint density at radius 1 is 1.07 bits per heavy atom. The Bertz CT molecular complexity index is 1040. The summed E-state index contributed by atoms with van der Waals surface area (Å²) in [6, 6.07) is 19.0. The highest BCUT2D eigenvalue weighted by Gasteiger charge is 2.35. The quantitative estimate of drug-likeness (QED) is 0.592. The number of carbonyl (C=O) groups excluding carboxylic acids is 1. The summed E-state index contributed by atoms with van der Waals surface area (Å²) in [4.78, 5) is 17.7. The van der Waals surface area contributed by atoms with Crippen LogP contribution in [-0.4, -0.2) is 23.7 Å². The fourth-order valence-corrected chi connectivity index (χ4v) is 3.79. The van der Waals surface area contributed by atoms with Crippen molar-refractivity contribution in [2.24, 2.45) is 5.10 Å². The zero-order valence-electron chi connectivity index (χ0n) is 15.2. The molecule has 6 heteroatoms. The van der Waals surface area contributed by atoms with E-state index in [-0.39, 0.29) is 5.91 Å². The van der Waals surface area contributed by atoms with Gasteiger partial charge in [-0.25, -0.2) is 0 Å². The standard InChI is InChI=1S/C22H18BrN3O2/c1-28-21-11-5-2-8-16(21)17-13-19(15-7-6-12-24-14-15)25-26(22(17)27)20-10-4-3-9-18(20)23/h2-12,14,17H,13H2,1H3. The van der Waals surface area contributed by atoms with Crippen molar-refractivity contribution in [1.29, 1.82) is 0 Å². The van der Waals surface area contributed by atoms with Gasteiger partial charge in [-0.2, -0.15) is 10.1 Å². The third-order valence-corrected chi connectivity index (χ3v) is 5.39. The van der Waals surface area contributed by atoms with Crippen molar-refractivity contribution in [3.05, 3.63) is 88.7 Å². The van der Waals surface area contributed by atoms with Crippen LogP contribution in [0.2, 0.25) is 0 Å². The first kappa shape index (κ1) is 18.4. The van der Waals surface area contributed by atoms with Crippen LogP contribution in [0.25, 0.3) is 0 Å². The van der Waals surface area contributed by atoms with Crippen molar-refractivity contribution in [3.63, 3.8) is 0 Å². The molecule has 0 N–H and O–H groups in total. The summed E-state index contributed by atoms with van der Waals surface area (Å²) in [6.07, 6.45) is 3.97. The second kappa shape index (κ2) is 7.94. The van der Waals surface area contributed by atoms with Crippen molar-refractivity contribution in [1.82, 2.24) is 4.98 Å². The molecular formula is C22H18BrN3O2. The van der Waals surface area contributed by atoms with Gasteiger partial charge >= 0.3 is 0 Å². The summed E-state index contributed by atoms with van der Waals surface area (Å²) < 4.78 is 6.32. The fourth-order valence-electron chi connectivity index (χ4n) is 3.34. The highest BCUT2D eigenvalue weighted by Crippen LogP contribution is 2.37. The van der Waals surface area contributed by atoms with E-state index in [2.05, 4.69) is 26.0 Å². The number of aromatic nitrogens is 1. The van der Waals surface area contributed by atoms with Gasteiger partial charge in [0.25, 0.3) is 5.91 Å². The number of hydrazone groups is 1. The van der Waals surface area contributed by atoms with Crippen LogP contribution in [0.15, 0.2) is 82.6 Å². The van der Waals surface area contributed by atoms with E-state index in [9.17, 15) is 4.79 Å². The molecule has 1 atom stereocenters. The number of methoxy groups -OCH3 is 1.